The summed E-state index contributed by atoms with van der Waals surface area (Å²) in [5, 5.41) is 19.4. The Hall–Kier alpha value is -3.04. The molecule has 0 saturated carbocycles. The van der Waals surface area contributed by atoms with Gasteiger partial charge in [-0.25, -0.2) is 4.79 Å². The van der Waals surface area contributed by atoms with E-state index in [1.165, 1.54) is 16.8 Å². The number of rotatable bonds is 3. The molecule has 0 aliphatic rings. The maximum absolute atomic E-state index is 12.4. The Balaban J connectivity index is 2.44. The van der Waals surface area contributed by atoms with Gasteiger partial charge in [-0.1, -0.05) is 23.7 Å². The molecule has 3 aromatic rings. The average Bonchev–Trinajstić information content (AvgIpc) is 2.96. The number of nitrogens with zero attached hydrogens (tertiary/aromatic N) is 3. The first kappa shape index (κ1) is 15.8. The van der Waals surface area contributed by atoms with Crippen LogP contribution in [0.2, 0.25) is 5.02 Å². The molecule has 7 heteroatoms. The molecule has 3 rings (SSSR count). The molecule has 0 aliphatic carbocycles. The molecule has 24 heavy (non-hydrogen) atoms. The summed E-state index contributed by atoms with van der Waals surface area (Å²) in [5.41, 5.74) is 0.952. The van der Waals surface area contributed by atoms with E-state index in [2.05, 4.69) is 6.07 Å². The summed E-state index contributed by atoms with van der Waals surface area (Å²) >= 11 is 5.89. The predicted molar refractivity (Wildman–Crippen MR) is 89.5 cm³/mol. The molecule has 0 unspecified atom stereocenters. The Morgan fingerprint density at radius 2 is 1.96 bits per heavy atom. The Morgan fingerprint density at radius 3 is 2.50 bits per heavy atom. The first-order chi connectivity index (χ1) is 11.5. The average molecular weight is 342 g/mol. The lowest BCUT2D eigenvalue weighted by atomic mass is 10.1. The highest BCUT2D eigenvalue weighted by Crippen LogP contribution is 2.28. The van der Waals surface area contributed by atoms with Crippen LogP contribution in [0, 0.1) is 11.3 Å². The third-order valence-corrected chi connectivity index (χ3v) is 4.08. The minimum Gasteiger partial charge on any atom is -0.477 e. The molecule has 0 amide bonds. The minimum absolute atomic E-state index is 0.313. The van der Waals surface area contributed by atoms with Crippen LogP contribution in [0.15, 0.2) is 41.5 Å². The number of carboxylic acids is 1. The van der Waals surface area contributed by atoms with Crippen LogP contribution in [-0.4, -0.2) is 20.0 Å². The van der Waals surface area contributed by atoms with Gasteiger partial charge in [-0.3, -0.25) is 9.20 Å². The second-order valence-electron chi connectivity index (χ2n) is 5.17. The second-order valence-corrected chi connectivity index (χ2v) is 5.61. The van der Waals surface area contributed by atoms with Crippen molar-refractivity contribution < 1.29 is 9.90 Å². The smallest absolute Gasteiger partial charge is 0.342 e. The quantitative estimate of drug-likeness (QED) is 0.793. The normalized spacial score (nSPS) is 10.7. The van der Waals surface area contributed by atoms with Crippen molar-refractivity contribution in [3.05, 3.63) is 63.2 Å². The van der Waals surface area contributed by atoms with Gasteiger partial charge in [0.2, 0.25) is 0 Å². The zero-order chi connectivity index (χ0) is 17.4. The lowest BCUT2D eigenvalue weighted by Gasteiger charge is -2.08. The molecule has 2 aromatic heterocycles. The SMILES string of the molecule is CCn1cc(C(=O)O)c(=O)n2cc(-c3ccc(Cl)cc3)c(C#N)c12. The summed E-state index contributed by atoms with van der Waals surface area (Å²) in [6.45, 7) is 2.23. The third kappa shape index (κ3) is 2.36. The van der Waals surface area contributed by atoms with Crippen molar-refractivity contribution in [1.82, 2.24) is 8.97 Å². The van der Waals surface area contributed by atoms with Crippen molar-refractivity contribution >= 4 is 23.2 Å². The summed E-state index contributed by atoms with van der Waals surface area (Å²) in [5.74, 6) is -1.30. The predicted octanol–water partition coefficient (Wildman–Crippen LogP) is 3.01. The molecule has 6 nitrogen and oxygen atoms in total. The van der Waals surface area contributed by atoms with E-state index in [0.29, 0.717) is 28.3 Å². The number of aromatic nitrogens is 2. The van der Waals surface area contributed by atoms with Crippen LogP contribution in [0.25, 0.3) is 16.8 Å². The van der Waals surface area contributed by atoms with Crippen molar-refractivity contribution in [2.75, 3.05) is 0 Å². The first-order valence-corrected chi connectivity index (χ1v) is 7.53. The van der Waals surface area contributed by atoms with Crippen molar-refractivity contribution in [3.8, 4) is 17.2 Å². The maximum Gasteiger partial charge on any atom is 0.342 e. The molecule has 2 heterocycles. The molecule has 0 spiro atoms. The van der Waals surface area contributed by atoms with Crippen molar-refractivity contribution in [2.45, 2.75) is 13.5 Å². The molecule has 0 radical (unpaired) electrons. The monoisotopic (exact) mass is 341 g/mol. The van der Waals surface area contributed by atoms with E-state index in [-0.39, 0.29) is 5.56 Å². The zero-order valence-corrected chi connectivity index (χ0v) is 13.4. The standard InChI is InChI=1S/C17H12ClN3O3/c1-2-20-8-14(17(23)24)16(22)21-9-13(12(7-19)15(20)21)10-3-5-11(18)6-4-10/h3-6,8-9H,2H2,1H3,(H,23,24). The number of carboxylic acid groups (broad SMARTS) is 1. The molecule has 120 valence electrons. The van der Waals surface area contributed by atoms with E-state index in [0.717, 1.165) is 5.56 Å². The Kier molecular flexibility index (Phi) is 3.87. The number of carbonyl (C=O) groups is 1. The van der Waals surface area contributed by atoms with E-state index < -0.39 is 11.5 Å². The number of benzene rings is 1. The minimum atomic E-state index is -1.30. The summed E-state index contributed by atoms with van der Waals surface area (Å²) < 4.78 is 2.80. The van der Waals surface area contributed by atoms with Crippen LogP contribution in [0.3, 0.4) is 0 Å². The molecule has 1 aromatic carbocycles. The van der Waals surface area contributed by atoms with Gasteiger partial charge in [0.1, 0.15) is 22.8 Å². The van der Waals surface area contributed by atoms with E-state index in [1.54, 1.807) is 28.8 Å². The van der Waals surface area contributed by atoms with E-state index in [1.807, 2.05) is 6.92 Å². The fraction of sp³-hybridized carbons (Fsp3) is 0.118. The van der Waals surface area contributed by atoms with Gasteiger partial charge >= 0.3 is 5.97 Å². The number of hydrogen-bond acceptors (Lipinski definition) is 3. The van der Waals surface area contributed by atoms with Crippen LogP contribution < -0.4 is 5.56 Å². The van der Waals surface area contributed by atoms with E-state index in [9.17, 15) is 20.0 Å². The second kappa shape index (κ2) is 5.87. The van der Waals surface area contributed by atoms with Gasteiger partial charge in [-0.15, -0.1) is 0 Å². The van der Waals surface area contributed by atoms with Gasteiger partial charge in [0.25, 0.3) is 5.56 Å². The van der Waals surface area contributed by atoms with Crippen molar-refractivity contribution in [3.63, 3.8) is 0 Å². The molecule has 0 atom stereocenters. The summed E-state index contributed by atoms with van der Waals surface area (Å²) in [7, 11) is 0. The number of hydrogen-bond donors (Lipinski definition) is 1. The van der Waals surface area contributed by atoms with E-state index >= 15 is 0 Å². The number of nitriles is 1. The van der Waals surface area contributed by atoms with Crippen LogP contribution >= 0.6 is 11.6 Å². The summed E-state index contributed by atoms with van der Waals surface area (Å²) in [6, 6.07) is 8.99. The van der Waals surface area contributed by atoms with Gasteiger partial charge in [0.05, 0.1) is 0 Å². The fourth-order valence-corrected chi connectivity index (χ4v) is 2.81. The zero-order valence-electron chi connectivity index (χ0n) is 12.7. The Morgan fingerprint density at radius 1 is 1.29 bits per heavy atom. The topological polar surface area (TPSA) is 87.5 Å². The fourth-order valence-electron chi connectivity index (χ4n) is 2.68. The van der Waals surface area contributed by atoms with Gasteiger partial charge in [-0.2, -0.15) is 5.26 Å². The summed E-state index contributed by atoms with van der Waals surface area (Å²) in [4.78, 5) is 23.7. The third-order valence-electron chi connectivity index (χ3n) is 3.82. The largest absolute Gasteiger partial charge is 0.477 e. The van der Waals surface area contributed by atoms with Crippen LogP contribution in [0.4, 0.5) is 0 Å². The molecule has 0 aliphatic heterocycles. The lowest BCUT2D eigenvalue weighted by molar-refractivity contribution is 0.0693. The molecule has 1 N–H and O–H groups in total. The van der Waals surface area contributed by atoms with Crippen LogP contribution in [0.5, 0.6) is 0 Å². The molecule has 0 saturated heterocycles. The molecular formula is C17H12ClN3O3. The maximum atomic E-state index is 12.4. The van der Waals surface area contributed by atoms with Gasteiger partial charge in [-0.05, 0) is 24.6 Å². The highest BCUT2D eigenvalue weighted by molar-refractivity contribution is 6.30. The summed E-state index contributed by atoms with van der Waals surface area (Å²) in [6.07, 6.45) is 2.77. The van der Waals surface area contributed by atoms with Crippen LogP contribution in [-0.2, 0) is 6.54 Å². The van der Waals surface area contributed by atoms with Crippen molar-refractivity contribution in [1.29, 1.82) is 5.26 Å². The molecular weight excluding hydrogens is 330 g/mol. The number of fused-ring (bicyclic) bond motifs is 1. The number of aromatic carboxylic acids is 1. The Bertz CT molecular complexity index is 1060. The van der Waals surface area contributed by atoms with Gasteiger partial charge in [0.15, 0.2) is 0 Å². The first-order valence-electron chi connectivity index (χ1n) is 7.15. The molecule has 0 bridgehead atoms. The highest BCUT2D eigenvalue weighted by atomic mass is 35.5. The highest BCUT2D eigenvalue weighted by Gasteiger charge is 2.20. The number of aryl methyl sites for hydroxylation is 1. The van der Waals surface area contributed by atoms with Crippen molar-refractivity contribution in [2.24, 2.45) is 0 Å². The van der Waals surface area contributed by atoms with Gasteiger partial charge < -0.3 is 9.67 Å². The van der Waals surface area contributed by atoms with E-state index in [4.69, 9.17) is 11.6 Å². The van der Waals surface area contributed by atoms with Crippen LogP contribution in [0.1, 0.15) is 22.8 Å². The molecule has 0 fully saturated rings. The lowest BCUT2D eigenvalue weighted by Crippen LogP contribution is -2.24. The Labute approximate surface area is 141 Å². The van der Waals surface area contributed by atoms with Gasteiger partial charge in [0, 0.05) is 29.5 Å². The number of halogens is 1.